The van der Waals surface area contributed by atoms with Crippen molar-refractivity contribution in [3.05, 3.63) is 0 Å². The molecule has 5 heteroatoms. The Bertz CT molecular complexity index is 6.85. The van der Waals surface area contributed by atoms with Gasteiger partial charge in [0.15, 0.2) is 0 Å². The van der Waals surface area contributed by atoms with Gasteiger partial charge < -0.3 is 11.0 Å². The topological polar surface area (TPSA) is 77.1 Å². The van der Waals surface area contributed by atoms with Crippen molar-refractivity contribution in [2.75, 3.05) is 0 Å². The molecule has 0 aromatic rings. The molecule has 2 N–H and O–H groups in total. The average Bonchev–Trinajstić information content (AvgIpc) is 1.00. The molecular formula is H2CuMgO3. The second-order valence-electron chi connectivity index (χ2n) is 0. The molecule has 0 amide bonds. The van der Waals surface area contributed by atoms with E-state index in [2.05, 4.69) is 15.9 Å². The zero-order valence-electron chi connectivity index (χ0n) is 2.33. The normalized spacial score (nSPS) is 1.20. The summed E-state index contributed by atoms with van der Waals surface area (Å²) in [5, 5.41) is 0. The standard InChI is InChI=1S/Cu.Mg.H2O.2O/h;;1H2;;/q;+2;;;-2. The van der Waals surface area contributed by atoms with E-state index in [4.69, 9.17) is 3.83 Å². The molecule has 0 bridgehead atoms. The van der Waals surface area contributed by atoms with Crippen LogP contribution in [0.1, 0.15) is 0 Å². The summed E-state index contributed by atoms with van der Waals surface area (Å²) < 4.78 is 7.81. The van der Waals surface area contributed by atoms with Crippen LogP contribution in [-0.4, -0.2) is 28.5 Å². The molecule has 0 aromatic heterocycles. The predicted octanol–water partition coefficient (Wildman–Crippen LogP) is -1.45. The number of rotatable bonds is 0. The first-order chi connectivity index (χ1) is 1.00. The van der Waals surface area contributed by atoms with Crippen LogP contribution >= 0.6 is 0 Å². The molecule has 0 aromatic carbocycles. The molecule has 0 atom stereocenters. The molecule has 0 aliphatic rings. The molecule has 5 heavy (non-hydrogen) atoms. The van der Waals surface area contributed by atoms with E-state index >= 15 is 0 Å². The van der Waals surface area contributed by atoms with E-state index in [1.807, 2.05) is 0 Å². The van der Waals surface area contributed by atoms with Gasteiger partial charge in [0, 0.05) is 0 Å². The summed E-state index contributed by atoms with van der Waals surface area (Å²) in [5.74, 6) is 0. The second-order valence-corrected chi connectivity index (χ2v) is 0. The third-order valence-corrected chi connectivity index (χ3v) is 0. The summed E-state index contributed by atoms with van der Waals surface area (Å²) in [5.41, 5.74) is 0. The summed E-state index contributed by atoms with van der Waals surface area (Å²) in [7, 11) is 0. The monoisotopic (exact) mass is 137 g/mol. The molecule has 33 valence electrons. The quantitative estimate of drug-likeness (QED) is 0.377. The molecule has 0 saturated carbocycles. The third-order valence-electron chi connectivity index (χ3n) is 0. The van der Waals surface area contributed by atoms with Crippen molar-refractivity contribution in [1.29, 1.82) is 0 Å². The van der Waals surface area contributed by atoms with E-state index in [0.29, 0.717) is 0 Å². The van der Waals surface area contributed by atoms with Crippen LogP contribution in [0.4, 0.5) is 0 Å². The van der Waals surface area contributed by atoms with Gasteiger partial charge in [-0.1, -0.05) is 0 Å². The van der Waals surface area contributed by atoms with Gasteiger partial charge >= 0.3 is 42.8 Å². The van der Waals surface area contributed by atoms with Gasteiger partial charge in [-0.05, 0) is 0 Å². The predicted molar refractivity (Wildman–Crippen MR) is 10.7 cm³/mol. The van der Waals surface area contributed by atoms with Crippen LogP contribution in [0.2, 0.25) is 0 Å². The number of hydrogen-bond donors (Lipinski definition) is 0. The molecule has 0 saturated heterocycles. The molecule has 0 radical (unpaired) electrons. The van der Waals surface area contributed by atoms with Crippen molar-refractivity contribution < 1.29 is 30.7 Å². The van der Waals surface area contributed by atoms with Crippen LogP contribution in [0.5, 0.6) is 0 Å². The molecule has 3 nitrogen and oxygen atoms in total. The van der Waals surface area contributed by atoms with Crippen LogP contribution in [-0.2, 0) is 25.3 Å². The van der Waals surface area contributed by atoms with Crippen molar-refractivity contribution in [3.8, 4) is 0 Å². The molecule has 0 heterocycles. The van der Waals surface area contributed by atoms with Gasteiger partial charge in [-0.2, -0.15) is 0 Å². The Balaban J connectivity index is -0.00000000167. The average molecular weight is 138 g/mol. The molecule has 0 aliphatic heterocycles. The minimum absolute atomic E-state index is 0. The summed E-state index contributed by atoms with van der Waals surface area (Å²) in [6.45, 7) is 0. The molecular weight excluding hydrogens is 136 g/mol. The Hall–Kier alpha value is 1.01. The first kappa shape index (κ1) is 37.4. The van der Waals surface area contributed by atoms with Crippen molar-refractivity contribution in [3.63, 3.8) is 0 Å². The van der Waals surface area contributed by atoms with E-state index in [-0.39, 0.29) is 34.0 Å². The Morgan fingerprint density at radius 3 is 1.20 bits per heavy atom. The molecule has 0 rings (SSSR count). The zero-order chi connectivity index (χ0) is 2.00. The summed E-state index contributed by atoms with van der Waals surface area (Å²) in [6, 6.07) is 0. The van der Waals surface area contributed by atoms with E-state index in [9.17, 15) is 0 Å². The summed E-state index contributed by atoms with van der Waals surface area (Å²) >= 11 is 2.94. The van der Waals surface area contributed by atoms with Gasteiger partial charge in [0.2, 0.25) is 0 Å². The first-order valence-corrected chi connectivity index (χ1v) is 0.508. The molecule has 0 fully saturated rings. The van der Waals surface area contributed by atoms with Gasteiger partial charge in [0.05, 0.1) is 0 Å². The van der Waals surface area contributed by atoms with Gasteiger partial charge in [0.1, 0.15) is 0 Å². The summed E-state index contributed by atoms with van der Waals surface area (Å²) in [6.07, 6.45) is 0. The van der Waals surface area contributed by atoms with E-state index in [1.54, 1.807) is 0 Å². The van der Waals surface area contributed by atoms with Crippen LogP contribution in [0.25, 0.3) is 0 Å². The van der Waals surface area contributed by atoms with Gasteiger partial charge in [-0.15, -0.1) is 0 Å². The van der Waals surface area contributed by atoms with E-state index < -0.39 is 0 Å². The Labute approximate surface area is 53.9 Å². The molecule has 0 unspecified atom stereocenters. The fourth-order valence-electron chi connectivity index (χ4n) is 0. The Kier molecular flexibility index (Phi) is 594. The van der Waals surface area contributed by atoms with Crippen molar-refractivity contribution in [2.45, 2.75) is 0 Å². The van der Waals surface area contributed by atoms with Gasteiger partial charge in [0.25, 0.3) is 0 Å². The second kappa shape index (κ2) is 79.4. The fraction of sp³-hybridized carbons (Fsp3) is 0. The van der Waals surface area contributed by atoms with E-state index in [0.717, 1.165) is 0 Å². The molecule has 0 spiro atoms. The van der Waals surface area contributed by atoms with Gasteiger partial charge in [-0.3, -0.25) is 0 Å². The van der Waals surface area contributed by atoms with Crippen molar-refractivity contribution in [2.24, 2.45) is 0 Å². The fourth-order valence-corrected chi connectivity index (χ4v) is 0. The zero-order valence-corrected chi connectivity index (χ0v) is 4.68. The van der Waals surface area contributed by atoms with Crippen LogP contribution < -0.4 is 0 Å². The maximum atomic E-state index is 7.81. The van der Waals surface area contributed by atoms with Crippen molar-refractivity contribution >= 4 is 23.1 Å². The Morgan fingerprint density at radius 2 is 1.20 bits per heavy atom. The molecule has 0 aliphatic carbocycles. The van der Waals surface area contributed by atoms with Gasteiger partial charge in [-0.25, -0.2) is 0 Å². The third kappa shape index (κ3) is 44.7. The first-order valence-electron chi connectivity index (χ1n) is 0.123. The van der Waals surface area contributed by atoms with E-state index in [1.165, 1.54) is 0 Å². The number of hydrogen-bond acceptors (Lipinski definition) is 1. The Morgan fingerprint density at radius 1 is 1.20 bits per heavy atom. The maximum absolute atomic E-state index is 7.81. The summed E-state index contributed by atoms with van der Waals surface area (Å²) in [4.78, 5) is 0. The SMILES string of the molecule is O.[Mg+2].[O-2].[O]=[Cu]. The minimum atomic E-state index is 0. The van der Waals surface area contributed by atoms with Crippen molar-refractivity contribution in [1.82, 2.24) is 0 Å². The van der Waals surface area contributed by atoms with Crippen LogP contribution in [0.15, 0.2) is 0 Å². The van der Waals surface area contributed by atoms with Crippen LogP contribution in [0.3, 0.4) is 0 Å². The van der Waals surface area contributed by atoms with Crippen LogP contribution in [0, 0.1) is 0 Å².